The second kappa shape index (κ2) is 11.1. The number of pyridine rings is 1. The Morgan fingerprint density at radius 1 is 1.19 bits per heavy atom. The van der Waals surface area contributed by atoms with E-state index in [1.807, 2.05) is 5.32 Å². The van der Waals surface area contributed by atoms with Gasteiger partial charge in [-0.1, -0.05) is 11.6 Å². The van der Waals surface area contributed by atoms with Gasteiger partial charge in [0.05, 0.1) is 37.3 Å². The normalized spacial score (nSPS) is 12.4. The number of carbonyl (C=O) groups excluding carboxylic acids is 1. The SMILES string of the molecule is [2H]C([2H])([2H])NC(=O)c1nnc(Cl)cc1Nc1cc(COCc2nc(N)ccc2F)cc(-c2nnc(C)o2)c1OC. The first-order valence-corrected chi connectivity index (χ1v) is 10.9. The number of aryl methyl sites for hydroxylation is 1. The molecule has 0 radical (unpaired) electrons. The molecule has 12 nitrogen and oxygen atoms in total. The van der Waals surface area contributed by atoms with Crippen LogP contribution in [0.3, 0.4) is 0 Å². The largest absolute Gasteiger partial charge is 0.494 e. The molecule has 0 aliphatic rings. The van der Waals surface area contributed by atoms with Crippen molar-refractivity contribution in [2.45, 2.75) is 20.1 Å². The zero-order valence-electron chi connectivity index (χ0n) is 22.5. The highest BCUT2D eigenvalue weighted by atomic mass is 35.5. The van der Waals surface area contributed by atoms with Crippen molar-refractivity contribution in [2.75, 3.05) is 25.1 Å². The van der Waals surface area contributed by atoms with Gasteiger partial charge in [0.1, 0.15) is 17.3 Å². The number of carbonyl (C=O) groups is 1. The van der Waals surface area contributed by atoms with Gasteiger partial charge >= 0.3 is 0 Å². The van der Waals surface area contributed by atoms with Crippen LogP contribution in [0.15, 0.2) is 34.7 Å². The highest BCUT2D eigenvalue weighted by Crippen LogP contribution is 2.39. The Kier molecular flexibility index (Phi) is 6.59. The smallest absolute Gasteiger partial charge is 0.273 e. The van der Waals surface area contributed by atoms with Crippen molar-refractivity contribution in [1.29, 1.82) is 0 Å². The van der Waals surface area contributed by atoms with Gasteiger partial charge in [-0.2, -0.15) is 0 Å². The number of nitrogen functional groups attached to an aromatic ring is 1. The second-order valence-electron chi connectivity index (χ2n) is 7.52. The van der Waals surface area contributed by atoms with Gasteiger partial charge in [-0.3, -0.25) is 4.79 Å². The fourth-order valence-electron chi connectivity index (χ4n) is 3.35. The molecule has 4 aromatic rings. The van der Waals surface area contributed by atoms with E-state index in [4.69, 9.17) is 35.3 Å². The van der Waals surface area contributed by atoms with E-state index in [1.54, 1.807) is 19.1 Å². The van der Waals surface area contributed by atoms with Crippen LogP contribution < -0.4 is 21.1 Å². The molecule has 0 aliphatic heterocycles. The highest BCUT2D eigenvalue weighted by Gasteiger charge is 2.21. The van der Waals surface area contributed by atoms with Gasteiger partial charge in [0.25, 0.3) is 11.8 Å². The summed E-state index contributed by atoms with van der Waals surface area (Å²) in [5, 5.41) is 20.1. The molecule has 0 aliphatic carbocycles. The van der Waals surface area contributed by atoms with Gasteiger partial charge < -0.3 is 30.3 Å². The molecule has 3 aromatic heterocycles. The number of nitrogens with zero attached hydrogens (tertiary/aromatic N) is 5. The van der Waals surface area contributed by atoms with E-state index in [9.17, 15) is 9.18 Å². The van der Waals surface area contributed by atoms with E-state index >= 15 is 0 Å². The summed E-state index contributed by atoms with van der Waals surface area (Å²) in [5.41, 5.74) is 6.53. The molecule has 0 fully saturated rings. The Morgan fingerprint density at radius 3 is 2.76 bits per heavy atom. The summed E-state index contributed by atoms with van der Waals surface area (Å²) in [7, 11) is 1.40. The number of nitrogens with two attached hydrogens (primary N) is 1. The van der Waals surface area contributed by atoms with E-state index < -0.39 is 18.7 Å². The number of methoxy groups -OCH3 is 1. The summed E-state index contributed by atoms with van der Waals surface area (Å²) in [4.78, 5) is 16.6. The maximum atomic E-state index is 14.1. The third-order valence-electron chi connectivity index (χ3n) is 4.92. The average molecular weight is 532 g/mol. The standard InChI is InChI=1S/C23H22ClFN8O4/c1-11-30-33-23(37-11)13-6-12(9-36-10-17-14(25)4-5-19(26)29-17)7-16(21(13)35-3)28-15-8-18(24)31-32-20(15)22(34)27-2/h4-8H,9-10H2,1-3H3,(H2,26,29)(H,27,34)(H,28,31)/i2D3. The van der Waals surface area contributed by atoms with Crippen LogP contribution in [0.2, 0.25) is 5.15 Å². The van der Waals surface area contributed by atoms with Gasteiger partial charge in [-0.25, -0.2) is 9.37 Å². The average Bonchev–Trinajstić information content (AvgIpc) is 3.31. The minimum absolute atomic E-state index is 0.0248. The van der Waals surface area contributed by atoms with Crippen molar-refractivity contribution >= 4 is 34.7 Å². The van der Waals surface area contributed by atoms with Crippen molar-refractivity contribution in [3.63, 3.8) is 0 Å². The molecule has 0 unspecified atom stereocenters. The summed E-state index contributed by atoms with van der Waals surface area (Å²) in [6.45, 7) is -1.37. The number of amides is 1. The molecule has 37 heavy (non-hydrogen) atoms. The maximum absolute atomic E-state index is 14.1. The molecule has 0 atom stereocenters. The number of aromatic nitrogens is 5. The van der Waals surface area contributed by atoms with Crippen LogP contribution in [-0.4, -0.2) is 45.4 Å². The molecule has 0 bridgehead atoms. The first-order chi connectivity index (χ1) is 18.9. The molecule has 0 spiro atoms. The number of benzene rings is 1. The van der Waals surface area contributed by atoms with Gasteiger partial charge in [0, 0.05) is 24.1 Å². The van der Waals surface area contributed by atoms with Gasteiger partial charge in [-0.15, -0.1) is 20.4 Å². The molecular formula is C23H22ClFN8O4. The van der Waals surface area contributed by atoms with E-state index in [0.717, 1.165) is 0 Å². The first-order valence-electron chi connectivity index (χ1n) is 12.1. The molecule has 1 amide bonds. The van der Waals surface area contributed by atoms with Crippen molar-refractivity contribution in [1.82, 2.24) is 30.7 Å². The summed E-state index contributed by atoms with van der Waals surface area (Å²) < 4.78 is 53.0. The Balaban J connectivity index is 1.72. The lowest BCUT2D eigenvalue weighted by Crippen LogP contribution is -2.21. The number of halogens is 2. The first kappa shape index (κ1) is 21.9. The lowest BCUT2D eigenvalue weighted by atomic mass is 10.1. The van der Waals surface area contributed by atoms with Gasteiger partial charge in [0.2, 0.25) is 5.89 Å². The lowest BCUT2D eigenvalue weighted by molar-refractivity contribution is 0.0958. The monoisotopic (exact) mass is 531 g/mol. The van der Waals surface area contributed by atoms with E-state index in [2.05, 4.69) is 30.7 Å². The summed E-state index contributed by atoms with van der Waals surface area (Å²) in [6, 6.07) is 7.11. The number of hydrogen-bond acceptors (Lipinski definition) is 11. The van der Waals surface area contributed by atoms with Crippen molar-refractivity contribution in [2.24, 2.45) is 0 Å². The zero-order valence-corrected chi connectivity index (χ0v) is 20.3. The fourth-order valence-corrected chi connectivity index (χ4v) is 3.50. The van der Waals surface area contributed by atoms with Crippen LogP contribution in [0.1, 0.15) is 31.7 Å². The van der Waals surface area contributed by atoms with Crippen molar-refractivity contribution in [3.05, 3.63) is 64.1 Å². The number of anilines is 3. The molecule has 192 valence electrons. The second-order valence-corrected chi connectivity index (χ2v) is 7.90. The molecule has 3 heterocycles. The third-order valence-corrected chi connectivity index (χ3v) is 5.10. The predicted molar refractivity (Wildman–Crippen MR) is 132 cm³/mol. The van der Waals surface area contributed by atoms with E-state index in [0.29, 0.717) is 17.0 Å². The minimum Gasteiger partial charge on any atom is -0.494 e. The van der Waals surface area contributed by atoms with Crippen LogP contribution in [0.4, 0.5) is 21.6 Å². The quantitative estimate of drug-likeness (QED) is 0.290. The van der Waals surface area contributed by atoms with E-state index in [1.165, 1.54) is 25.3 Å². The molecule has 1 aromatic carbocycles. The minimum atomic E-state index is -2.77. The zero-order chi connectivity index (χ0) is 29.0. The van der Waals surface area contributed by atoms with E-state index in [-0.39, 0.29) is 58.6 Å². The van der Waals surface area contributed by atoms with Crippen LogP contribution >= 0.6 is 11.6 Å². The fraction of sp³-hybridized carbons (Fsp3) is 0.217. The van der Waals surface area contributed by atoms with Crippen molar-refractivity contribution < 1.29 is 27.2 Å². The summed E-state index contributed by atoms with van der Waals surface area (Å²) in [5.74, 6) is -0.800. The Morgan fingerprint density at radius 2 is 2.03 bits per heavy atom. The number of ether oxygens (including phenoxy) is 2. The molecule has 4 N–H and O–H groups in total. The Labute approximate surface area is 219 Å². The molecule has 4 rings (SSSR count). The molecule has 0 saturated heterocycles. The Hall–Kier alpha value is -4.36. The number of nitrogens with one attached hydrogen (secondary N) is 2. The van der Waals surface area contributed by atoms with Crippen LogP contribution in [0.5, 0.6) is 5.75 Å². The Bertz CT molecular complexity index is 1550. The third kappa shape index (κ3) is 5.90. The number of rotatable bonds is 9. The number of hydrogen-bond donors (Lipinski definition) is 3. The summed E-state index contributed by atoms with van der Waals surface area (Å²) >= 11 is 6.02. The van der Waals surface area contributed by atoms with Gasteiger partial charge in [0.15, 0.2) is 16.6 Å². The maximum Gasteiger partial charge on any atom is 0.273 e. The van der Waals surface area contributed by atoms with Crippen LogP contribution in [0, 0.1) is 12.7 Å². The van der Waals surface area contributed by atoms with Crippen LogP contribution in [-0.2, 0) is 18.0 Å². The summed E-state index contributed by atoms with van der Waals surface area (Å²) in [6.07, 6.45) is 0. The molecule has 14 heteroatoms. The molecule has 0 saturated carbocycles. The van der Waals surface area contributed by atoms with Crippen LogP contribution in [0.25, 0.3) is 11.5 Å². The van der Waals surface area contributed by atoms with Gasteiger partial charge in [-0.05, 0) is 29.8 Å². The predicted octanol–water partition coefficient (Wildman–Crippen LogP) is 3.43. The molecular weight excluding hydrogens is 507 g/mol. The highest BCUT2D eigenvalue weighted by molar-refractivity contribution is 6.29. The topological polar surface area (TPSA) is 163 Å². The lowest BCUT2D eigenvalue weighted by Gasteiger charge is -2.17. The van der Waals surface area contributed by atoms with Crippen molar-refractivity contribution in [3.8, 4) is 17.2 Å².